The highest BCUT2D eigenvalue weighted by molar-refractivity contribution is 6.38. The van der Waals surface area contributed by atoms with Gasteiger partial charge in [-0.05, 0) is 48.5 Å². The summed E-state index contributed by atoms with van der Waals surface area (Å²) in [6, 6.07) is 4.16. The van der Waals surface area contributed by atoms with Gasteiger partial charge < -0.3 is 26.0 Å². The van der Waals surface area contributed by atoms with Gasteiger partial charge in [0.05, 0.1) is 12.2 Å². The first-order valence-electron chi connectivity index (χ1n) is 18.5. The molecule has 0 bridgehead atoms. The number of carboxylic acid groups (broad SMARTS) is 1. The number of rotatable bonds is 18. The minimum Gasteiger partial charge on any atom is -0.480 e. The Kier molecular flexibility index (Phi) is 14.3. The monoisotopic (exact) mass is 732 g/mol. The Hall–Kier alpha value is -5.01. The molecule has 3 unspecified atom stereocenters. The van der Waals surface area contributed by atoms with Crippen LogP contribution in [0.15, 0.2) is 48.9 Å². The summed E-state index contributed by atoms with van der Waals surface area (Å²) < 4.78 is 0. The minimum absolute atomic E-state index is 0.0360. The lowest BCUT2D eigenvalue weighted by Gasteiger charge is -2.33. The highest BCUT2D eigenvalue weighted by Gasteiger charge is 2.51. The lowest BCUT2D eigenvalue weighted by molar-refractivity contribution is -0.146. The van der Waals surface area contributed by atoms with Gasteiger partial charge in [-0.1, -0.05) is 77.8 Å². The Morgan fingerprint density at radius 3 is 2.23 bits per heavy atom. The molecule has 0 spiro atoms. The van der Waals surface area contributed by atoms with Gasteiger partial charge in [-0.3, -0.25) is 33.8 Å². The van der Waals surface area contributed by atoms with Gasteiger partial charge in [0.25, 0.3) is 5.91 Å². The maximum Gasteiger partial charge on any atom is 0.326 e. The molecule has 4 rings (SSSR count). The van der Waals surface area contributed by atoms with Gasteiger partial charge in [-0.2, -0.15) is 0 Å². The van der Waals surface area contributed by atoms with Crippen LogP contribution in [0.2, 0.25) is 0 Å². The number of hydrogen-bond donors (Lipinski definition) is 4. The molecule has 4 amide bonds. The van der Waals surface area contributed by atoms with Crippen molar-refractivity contribution in [3.8, 4) is 0 Å². The van der Waals surface area contributed by atoms with Crippen molar-refractivity contribution in [2.75, 3.05) is 6.54 Å². The van der Waals surface area contributed by atoms with Crippen molar-refractivity contribution in [3.05, 3.63) is 60.2 Å². The van der Waals surface area contributed by atoms with Crippen LogP contribution < -0.4 is 16.0 Å². The van der Waals surface area contributed by atoms with Crippen LogP contribution in [0.5, 0.6) is 0 Å². The van der Waals surface area contributed by atoms with E-state index in [1.807, 2.05) is 13.8 Å². The van der Waals surface area contributed by atoms with Crippen LogP contribution in [0.25, 0.3) is 0 Å². The highest BCUT2D eigenvalue weighted by atomic mass is 16.4. The van der Waals surface area contributed by atoms with Gasteiger partial charge in [0.15, 0.2) is 5.78 Å². The molecule has 14 heteroatoms. The first kappa shape index (κ1) is 40.8. The number of likely N-dealkylation sites (tertiary alicyclic amines) is 1. The van der Waals surface area contributed by atoms with E-state index in [0.29, 0.717) is 24.9 Å². The molecule has 1 aromatic heterocycles. The van der Waals surface area contributed by atoms with Crippen LogP contribution in [0, 0.1) is 29.6 Å². The molecule has 0 radical (unpaired) electrons. The van der Waals surface area contributed by atoms with E-state index in [1.54, 1.807) is 51.1 Å². The summed E-state index contributed by atoms with van der Waals surface area (Å²) in [5.41, 5.74) is 0.806. The van der Waals surface area contributed by atoms with Crippen molar-refractivity contribution >= 4 is 41.2 Å². The molecular formula is C39H52N6O8. The summed E-state index contributed by atoms with van der Waals surface area (Å²) in [6.45, 7) is 9.32. The zero-order valence-corrected chi connectivity index (χ0v) is 31.1. The topological polar surface area (TPSA) is 205 Å². The van der Waals surface area contributed by atoms with Crippen molar-refractivity contribution < 1.29 is 38.7 Å². The van der Waals surface area contributed by atoms with Crippen LogP contribution in [0.3, 0.4) is 0 Å². The molecule has 286 valence electrons. The molecule has 2 fully saturated rings. The molecule has 1 aliphatic carbocycles. The van der Waals surface area contributed by atoms with Gasteiger partial charge >= 0.3 is 5.97 Å². The predicted molar refractivity (Wildman–Crippen MR) is 194 cm³/mol. The van der Waals surface area contributed by atoms with E-state index in [1.165, 1.54) is 23.5 Å². The second-order valence-corrected chi connectivity index (χ2v) is 14.9. The van der Waals surface area contributed by atoms with Crippen molar-refractivity contribution in [2.45, 2.75) is 104 Å². The van der Waals surface area contributed by atoms with Crippen LogP contribution >= 0.6 is 0 Å². The second-order valence-electron chi connectivity index (χ2n) is 14.9. The quantitative estimate of drug-likeness (QED) is 0.130. The van der Waals surface area contributed by atoms with E-state index >= 15 is 0 Å². The molecule has 2 aliphatic rings. The number of ketones is 2. The van der Waals surface area contributed by atoms with Gasteiger partial charge in [-0.25, -0.2) is 9.78 Å². The zero-order valence-electron chi connectivity index (χ0n) is 31.1. The number of amides is 4. The Morgan fingerprint density at radius 1 is 0.906 bits per heavy atom. The van der Waals surface area contributed by atoms with Crippen LogP contribution in [-0.2, 0) is 35.2 Å². The summed E-state index contributed by atoms with van der Waals surface area (Å²) in [7, 11) is 0. The lowest BCUT2D eigenvalue weighted by atomic mass is 9.88. The third-order valence-electron chi connectivity index (χ3n) is 10.4. The SMILES string of the molecule is CCCC(NC(=O)C1[C@H]2CCCC2CN1C(=O)[C@@H](NC(=O)[C@@H](CC(=O)c1cnccn1)C(C)C)C(C)C)C(=O)C(=O)N[C@@H](Cc1ccccc1)C(=O)O. The lowest BCUT2D eigenvalue weighted by Crippen LogP contribution is -2.59. The fraction of sp³-hybridized carbons (Fsp3) is 0.564. The Bertz CT molecular complexity index is 1630. The average Bonchev–Trinajstić information content (AvgIpc) is 3.74. The first-order chi connectivity index (χ1) is 25.2. The number of nitrogens with zero attached hydrogens (tertiary/aromatic N) is 3. The molecule has 4 N–H and O–H groups in total. The molecule has 1 aromatic carbocycles. The minimum atomic E-state index is -1.36. The maximum atomic E-state index is 14.4. The fourth-order valence-corrected chi connectivity index (χ4v) is 7.45. The van der Waals surface area contributed by atoms with Crippen molar-refractivity contribution in [3.63, 3.8) is 0 Å². The summed E-state index contributed by atoms with van der Waals surface area (Å²) >= 11 is 0. The molecule has 1 saturated heterocycles. The summed E-state index contributed by atoms with van der Waals surface area (Å²) in [5.74, 6) is -6.70. The number of carboxylic acids is 1. The zero-order chi connectivity index (χ0) is 38.8. The van der Waals surface area contributed by atoms with Crippen molar-refractivity contribution in [1.82, 2.24) is 30.8 Å². The fourth-order valence-electron chi connectivity index (χ4n) is 7.45. The molecular weight excluding hydrogens is 680 g/mol. The third-order valence-corrected chi connectivity index (χ3v) is 10.4. The van der Waals surface area contributed by atoms with E-state index < -0.39 is 65.5 Å². The Balaban J connectivity index is 1.50. The third kappa shape index (κ3) is 10.3. The van der Waals surface area contributed by atoms with E-state index in [9.17, 15) is 38.7 Å². The molecule has 1 aliphatic heterocycles. The van der Waals surface area contributed by atoms with Crippen LogP contribution in [0.4, 0.5) is 0 Å². The number of Topliss-reactive ketones (excluding diaryl/α,β-unsaturated/α-hetero) is 2. The Morgan fingerprint density at radius 2 is 1.62 bits per heavy atom. The van der Waals surface area contributed by atoms with E-state index in [0.717, 1.165) is 12.8 Å². The smallest absolute Gasteiger partial charge is 0.326 e. The molecule has 53 heavy (non-hydrogen) atoms. The molecule has 2 aromatic rings. The maximum absolute atomic E-state index is 14.4. The highest BCUT2D eigenvalue weighted by Crippen LogP contribution is 2.43. The Labute approximate surface area is 310 Å². The van der Waals surface area contributed by atoms with E-state index in [-0.39, 0.29) is 54.4 Å². The second kappa shape index (κ2) is 18.7. The number of hydrogen-bond acceptors (Lipinski definition) is 9. The number of carbonyl (C=O) groups is 7. The molecule has 7 atom stereocenters. The van der Waals surface area contributed by atoms with E-state index in [2.05, 4.69) is 25.9 Å². The van der Waals surface area contributed by atoms with Crippen LogP contribution in [-0.4, -0.2) is 91.9 Å². The largest absolute Gasteiger partial charge is 0.480 e. The molecule has 14 nitrogen and oxygen atoms in total. The van der Waals surface area contributed by atoms with Gasteiger partial charge in [0.2, 0.25) is 23.5 Å². The standard InChI is InChI=1S/C39H52N6O8/c1-6-11-28(34(47)37(50)43-29(39(52)53)18-24-12-8-7-9-13-24)42-36(49)33-26-15-10-14-25(26)21-45(33)38(51)32(23(4)5)44-35(48)27(22(2)3)19-31(46)30-20-40-16-17-41-30/h7-9,12-13,16-17,20,22-23,25-29,32-33H,6,10-11,14-15,18-19,21H2,1-5H3,(H,42,49)(H,43,50)(H,44,48)(H,52,53)/t25?,26-,27-,28?,29-,32-,33?/m0/s1. The predicted octanol–water partition coefficient (Wildman–Crippen LogP) is 2.76. The van der Waals surface area contributed by atoms with Crippen LogP contribution in [0.1, 0.15) is 89.2 Å². The summed E-state index contributed by atoms with van der Waals surface area (Å²) in [6.07, 6.45) is 6.98. The molecule has 2 heterocycles. The van der Waals surface area contributed by atoms with Gasteiger partial charge in [0, 0.05) is 37.7 Å². The number of fused-ring (bicyclic) bond motifs is 1. The van der Waals surface area contributed by atoms with Crippen molar-refractivity contribution in [2.24, 2.45) is 29.6 Å². The molecule has 1 saturated carbocycles. The normalized spacial score (nSPS) is 20.2. The number of aliphatic carboxylic acids is 1. The van der Waals surface area contributed by atoms with Gasteiger partial charge in [0.1, 0.15) is 23.8 Å². The first-order valence-corrected chi connectivity index (χ1v) is 18.5. The number of nitrogens with one attached hydrogen (secondary N) is 3. The summed E-state index contributed by atoms with van der Waals surface area (Å²) in [5, 5.41) is 17.7. The number of aromatic nitrogens is 2. The van der Waals surface area contributed by atoms with E-state index in [4.69, 9.17) is 0 Å². The van der Waals surface area contributed by atoms with Crippen molar-refractivity contribution in [1.29, 1.82) is 0 Å². The van der Waals surface area contributed by atoms with Gasteiger partial charge in [-0.15, -0.1) is 0 Å². The summed E-state index contributed by atoms with van der Waals surface area (Å²) in [4.78, 5) is 103. The number of benzene rings is 1. The average molecular weight is 733 g/mol. The number of carbonyl (C=O) groups excluding carboxylic acids is 6.